The van der Waals surface area contributed by atoms with Gasteiger partial charge in [0, 0.05) is 30.7 Å². The number of rotatable bonds is 4. The molecule has 0 bridgehead atoms. The summed E-state index contributed by atoms with van der Waals surface area (Å²) in [6.07, 6.45) is 10.5. The molecule has 4 nitrogen and oxygen atoms in total. The van der Waals surface area contributed by atoms with Crippen LogP contribution in [0.15, 0.2) is 30.7 Å². The minimum absolute atomic E-state index is 0.529. The maximum Gasteiger partial charge on any atom is 0.158 e. The number of hydrogen-bond donors (Lipinski definition) is 1. The SMILES string of the molecule is CCc1ccc(-c2nccn2[C@@H]2CCN[C@H](CC)C2)nc1. The molecule has 0 aliphatic carbocycles. The fourth-order valence-electron chi connectivity index (χ4n) is 3.12. The quantitative estimate of drug-likeness (QED) is 0.937. The minimum Gasteiger partial charge on any atom is -0.327 e. The van der Waals surface area contributed by atoms with Gasteiger partial charge in [-0.3, -0.25) is 4.98 Å². The zero-order chi connectivity index (χ0) is 14.7. The smallest absolute Gasteiger partial charge is 0.158 e. The first-order chi connectivity index (χ1) is 10.3. The zero-order valence-electron chi connectivity index (χ0n) is 12.9. The van der Waals surface area contributed by atoms with Crippen molar-refractivity contribution in [3.05, 3.63) is 36.3 Å². The standard InChI is InChI=1S/C17H24N4/c1-3-13-5-6-16(20-12-13)17-19-9-10-21(17)15-7-8-18-14(4-2)11-15/h5-6,9-10,12,14-15,18H,3-4,7-8,11H2,1-2H3/t14-,15-/m1/s1. The summed E-state index contributed by atoms with van der Waals surface area (Å²) in [5.74, 6) is 0.999. The van der Waals surface area contributed by atoms with Gasteiger partial charge in [0.2, 0.25) is 0 Å². The van der Waals surface area contributed by atoms with E-state index in [9.17, 15) is 0 Å². The van der Waals surface area contributed by atoms with Gasteiger partial charge in [-0.2, -0.15) is 0 Å². The van der Waals surface area contributed by atoms with Gasteiger partial charge in [-0.25, -0.2) is 4.98 Å². The molecule has 0 radical (unpaired) electrons. The van der Waals surface area contributed by atoms with Gasteiger partial charge in [-0.05, 0) is 43.9 Å². The van der Waals surface area contributed by atoms with Crippen LogP contribution in [0.1, 0.15) is 44.7 Å². The van der Waals surface area contributed by atoms with Gasteiger partial charge < -0.3 is 9.88 Å². The molecule has 0 saturated carbocycles. The number of aromatic nitrogens is 3. The number of hydrogen-bond acceptors (Lipinski definition) is 3. The van der Waals surface area contributed by atoms with E-state index in [0.717, 1.165) is 30.9 Å². The second-order valence-electron chi connectivity index (χ2n) is 5.80. The lowest BCUT2D eigenvalue weighted by Gasteiger charge is -2.31. The number of aryl methyl sites for hydroxylation is 1. The Kier molecular flexibility index (Phi) is 4.34. The highest BCUT2D eigenvalue weighted by molar-refractivity contribution is 5.50. The van der Waals surface area contributed by atoms with Gasteiger partial charge in [0.1, 0.15) is 5.69 Å². The molecule has 1 N–H and O–H groups in total. The maximum atomic E-state index is 4.59. The average Bonchev–Trinajstić information content (AvgIpc) is 3.04. The van der Waals surface area contributed by atoms with E-state index in [1.807, 2.05) is 12.4 Å². The number of piperidine rings is 1. The van der Waals surface area contributed by atoms with E-state index in [0.29, 0.717) is 12.1 Å². The van der Waals surface area contributed by atoms with Gasteiger partial charge in [0.15, 0.2) is 5.82 Å². The van der Waals surface area contributed by atoms with Gasteiger partial charge in [0.25, 0.3) is 0 Å². The Bertz CT molecular complexity index is 573. The number of pyridine rings is 1. The van der Waals surface area contributed by atoms with Crippen LogP contribution in [0.4, 0.5) is 0 Å². The van der Waals surface area contributed by atoms with E-state index in [1.165, 1.54) is 18.4 Å². The van der Waals surface area contributed by atoms with E-state index in [2.05, 4.69) is 52.0 Å². The van der Waals surface area contributed by atoms with Crippen molar-refractivity contribution < 1.29 is 0 Å². The van der Waals surface area contributed by atoms with Crippen molar-refractivity contribution in [2.24, 2.45) is 0 Å². The van der Waals surface area contributed by atoms with Crippen LogP contribution in [-0.2, 0) is 6.42 Å². The van der Waals surface area contributed by atoms with Crippen LogP contribution >= 0.6 is 0 Å². The van der Waals surface area contributed by atoms with Gasteiger partial charge in [0.05, 0.1) is 0 Å². The molecule has 4 heteroatoms. The summed E-state index contributed by atoms with van der Waals surface area (Å²) in [4.78, 5) is 9.14. The Morgan fingerprint density at radius 2 is 2.19 bits per heavy atom. The van der Waals surface area contributed by atoms with Crippen molar-refractivity contribution >= 4 is 0 Å². The molecule has 1 saturated heterocycles. The second-order valence-corrected chi connectivity index (χ2v) is 5.80. The first-order valence-electron chi connectivity index (χ1n) is 8.03. The van der Waals surface area contributed by atoms with Crippen LogP contribution in [0.25, 0.3) is 11.5 Å². The third kappa shape index (κ3) is 3.00. The summed E-state index contributed by atoms with van der Waals surface area (Å²) >= 11 is 0. The lowest BCUT2D eigenvalue weighted by atomic mass is 9.97. The third-order valence-electron chi connectivity index (χ3n) is 4.48. The molecule has 2 aromatic heterocycles. The van der Waals surface area contributed by atoms with Crippen molar-refractivity contribution in [1.82, 2.24) is 19.9 Å². The van der Waals surface area contributed by atoms with E-state index in [1.54, 1.807) is 0 Å². The highest BCUT2D eigenvalue weighted by Crippen LogP contribution is 2.28. The van der Waals surface area contributed by atoms with Crippen LogP contribution in [0.3, 0.4) is 0 Å². The fraction of sp³-hybridized carbons (Fsp3) is 0.529. The first kappa shape index (κ1) is 14.3. The summed E-state index contributed by atoms with van der Waals surface area (Å²) < 4.78 is 2.32. The molecule has 3 heterocycles. The summed E-state index contributed by atoms with van der Waals surface area (Å²) in [5.41, 5.74) is 2.24. The molecule has 1 aliphatic heterocycles. The summed E-state index contributed by atoms with van der Waals surface area (Å²) in [7, 11) is 0. The first-order valence-corrected chi connectivity index (χ1v) is 8.03. The fourth-order valence-corrected chi connectivity index (χ4v) is 3.12. The molecule has 21 heavy (non-hydrogen) atoms. The predicted molar refractivity (Wildman–Crippen MR) is 85.2 cm³/mol. The average molecular weight is 284 g/mol. The molecule has 1 fully saturated rings. The topological polar surface area (TPSA) is 42.7 Å². The molecule has 3 rings (SSSR count). The van der Waals surface area contributed by atoms with Gasteiger partial charge >= 0.3 is 0 Å². The van der Waals surface area contributed by atoms with E-state index >= 15 is 0 Å². The van der Waals surface area contributed by atoms with Crippen LogP contribution in [0.2, 0.25) is 0 Å². The Morgan fingerprint density at radius 3 is 2.90 bits per heavy atom. The minimum atomic E-state index is 0.529. The normalized spacial score (nSPS) is 22.4. The highest BCUT2D eigenvalue weighted by atomic mass is 15.1. The van der Waals surface area contributed by atoms with E-state index < -0.39 is 0 Å². The van der Waals surface area contributed by atoms with Crippen LogP contribution in [0, 0.1) is 0 Å². The molecular formula is C17H24N4. The summed E-state index contributed by atoms with van der Waals surface area (Å²) in [6.45, 7) is 5.49. The zero-order valence-corrected chi connectivity index (χ0v) is 12.9. The highest BCUT2D eigenvalue weighted by Gasteiger charge is 2.23. The van der Waals surface area contributed by atoms with Gasteiger partial charge in [-0.15, -0.1) is 0 Å². The predicted octanol–water partition coefficient (Wildman–Crippen LogP) is 3.21. The van der Waals surface area contributed by atoms with Crippen molar-refractivity contribution in [1.29, 1.82) is 0 Å². The second kappa shape index (κ2) is 6.39. The molecule has 0 amide bonds. The number of imidazole rings is 1. The molecule has 2 atom stereocenters. The molecule has 2 aromatic rings. The Labute approximate surface area is 126 Å². The van der Waals surface area contributed by atoms with Crippen molar-refractivity contribution in [2.45, 2.75) is 51.6 Å². The van der Waals surface area contributed by atoms with Crippen molar-refractivity contribution in [3.63, 3.8) is 0 Å². The van der Waals surface area contributed by atoms with Crippen LogP contribution in [-0.4, -0.2) is 27.1 Å². The Hall–Kier alpha value is -1.68. The van der Waals surface area contributed by atoms with Gasteiger partial charge in [-0.1, -0.05) is 19.9 Å². The molecule has 0 unspecified atom stereocenters. The molecule has 112 valence electrons. The molecule has 0 spiro atoms. The van der Waals surface area contributed by atoms with Crippen molar-refractivity contribution in [3.8, 4) is 11.5 Å². The lowest BCUT2D eigenvalue weighted by Crippen LogP contribution is -2.38. The Balaban J connectivity index is 1.85. The molecule has 1 aliphatic rings. The van der Waals surface area contributed by atoms with Crippen LogP contribution < -0.4 is 5.32 Å². The van der Waals surface area contributed by atoms with Crippen molar-refractivity contribution in [2.75, 3.05) is 6.54 Å². The monoisotopic (exact) mass is 284 g/mol. The molecular weight excluding hydrogens is 260 g/mol. The summed E-state index contributed by atoms with van der Waals surface area (Å²) in [6, 6.07) is 5.39. The maximum absolute atomic E-state index is 4.59. The van der Waals surface area contributed by atoms with Crippen LogP contribution in [0.5, 0.6) is 0 Å². The van der Waals surface area contributed by atoms with E-state index in [-0.39, 0.29) is 0 Å². The lowest BCUT2D eigenvalue weighted by molar-refractivity contribution is 0.297. The number of nitrogens with one attached hydrogen (secondary N) is 1. The largest absolute Gasteiger partial charge is 0.327 e. The third-order valence-corrected chi connectivity index (χ3v) is 4.48. The Morgan fingerprint density at radius 1 is 1.29 bits per heavy atom. The van der Waals surface area contributed by atoms with E-state index in [4.69, 9.17) is 0 Å². The molecule has 0 aromatic carbocycles. The summed E-state index contributed by atoms with van der Waals surface area (Å²) in [5, 5.41) is 3.59. The number of nitrogens with zero attached hydrogens (tertiary/aromatic N) is 3.